The molecule has 1 saturated heterocycles. The monoisotopic (exact) mass is 763 g/mol. The number of hydrogen-bond donors (Lipinski definition) is 1. The minimum Gasteiger partial charge on any atom is -0.385 e. The number of fused-ring (bicyclic) bond motifs is 2. The summed E-state index contributed by atoms with van der Waals surface area (Å²) in [5.41, 5.74) is 1.25. The molecule has 1 N–H and O–H groups in total. The van der Waals surface area contributed by atoms with Gasteiger partial charge in [-0.25, -0.2) is 4.39 Å². The van der Waals surface area contributed by atoms with Crippen LogP contribution in [0.4, 0.5) is 28.9 Å². The zero-order chi connectivity index (χ0) is 35.9. The number of ketones is 1. The number of anilines is 2. The predicted octanol–water partition coefficient (Wildman–Crippen LogP) is 10.1. The van der Waals surface area contributed by atoms with Gasteiger partial charge in [0.2, 0.25) is 0 Å². The lowest BCUT2D eigenvalue weighted by atomic mass is 9.83. The standard InChI is InChI=1S/C22H23F4NO2.C17H19ClN2S.ClH/c23-19-8-6-16(7-9-19)20(28)5-2-12-27-13-10-21(29,11-14-27)17-3-1-4-18(15-17)22(24,25)26;1-19(2)10-5-11-20-14-6-3-4-7-16(14)21-17-9-8-13(18)12-15(17)20;/h1,3-4,6-9,15,29H,2,5,10-14H2;3-4,6-9,12H,5,10-11H2,1-2H3;1H. The van der Waals surface area contributed by atoms with Crippen molar-refractivity contribution < 1.29 is 27.5 Å². The number of piperidine rings is 1. The van der Waals surface area contributed by atoms with Gasteiger partial charge in [-0.05, 0) is 125 Å². The van der Waals surface area contributed by atoms with E-state index in [2.05, 4.69) is 65.2 Å². The number of rotatable bonds is 10. The number of hydrogen-bond acceptors (Lipinski definition) is 6. The summed E-state index contributed by atoms with van der Waals surface area (Å²) in [4.78, 5) is 21.4. The van der Waals surface area contributed by atoms with E-state index in [-0.39, 0.29) is 24.0 Å². The summed E-state index contributed by atoms with van der Waals surface area (Å²) in [6.45, 7) is 3.82. The highest BCUT2D eigenvalue weighted by molar-refractivity contribution is 7.99. The zero-order valence-electron chi connectivity index (χ0n) is 28.6. The van der Waals surface area contributed by atoms with E-state index >= 15 is 0 Å². The third-order valence-corrected chi connectivity index (χ3v) is 10.4. The molecule has 0 bridgehead atoms. The van der Waals surface area contributed by atoms with Gasteiger partial charge in [-0.2, -0.15) is 13.2 Å². The topological polar surface area (TPSA) is 47.0 Å². The maximum Gasteiger partial charge on any atom is 0.416 e. The molecule has 0 spiro atoms. The first kappa shape index (κ1) is 40.6. The van der Waals surface area contributed by atoms with E-state index in [0.717, 1.165) is 36.7 Å². The first-order chi connectivity index (χ1) is 23.8. The van der Waals surface area contributed by atoms with Crippen LogP contribution in [0.15, 0.2) is 101 Å². The van der Waals surface area contributed by atoms with Crippen molar-refractivity contribution in [3.8, 4) is 0 Å². The molecule has 1 fully saturated rings. The normalized spacial score (nSPS) is 15.3. The third-order valence-electron chi connectivity index (χ3n) is 9.03. The lowest BCUT2D eigenvalue weighted by molar-refractivity contribution is -0.137. The second kappa shape index (κ2) is 18.1. The first-order valence-corrected chi connectivity index (χ1v) is 17.9. The highest BCUT2D eigenvalue weighted by atomic mass is 35.5. The Kier molecular flexibility index (Phi) is 14.4. The van der Waals surface area contributed by atoms with Crippen LogP contribution in [0, 0.1) is 5.82 Å². The second-order valence-electron chi connectivity index (χ2n) is 13.0. The molecule has 2 heterocycles. The molecule has 0 aliphatic carbocycles. The van der Waals surface area contributed by atoms with Crippen LogP contribution in [0.3, 0.4) is 0 Å². The van der Waals surface area contributed by atoms with E-state index in [9.17, 15) is 27.5 Å². The molecule has 2 aliphatic heterocycles. The Bertz CT molecular complexity index is 1750. The summed E-state index contributed by atoms with van der Waals surface area (Å²) in [6, 6.07) is 25.1. The summed E-state index contributed by atoms with van der Waals surface area (Å²) in [5.74, 6) is -0.439. The van der Waals surface area contributed by atoms with Gasteiger partial charge >= 0.3 is 6.18 Å². The van der Waals surface area contributed by atoms with Gasteiger partial charge in [0.05, 0.1) is 22.5 Å². The molecule has 4 aromatic carbocycles. The molecule has 0 atom stereocenters. The van der Waals surface area contributed by atoms with E-state index in [0.29, 0.717) is 56.4 Å². The zero-order valence-corrected chi connectivity index (χ0v) is 31.0. The number of benzene rings is 4. The average Bonchev–Trinajstić information content (AvgIpc) is 3.09. The number of alkyl halides is 3. The van der Waals surface area contributed by atoms with Crippen LogP contribution >= 0.6 is 35.8 Å². The molecule has 12 heteroatoms. The Morgan fingerprint density at radius 1 is 0.882 bits per heavy atom. The van der Waals surface area contributed by atoms with Crippen LogP contribution in [-0.2, 0) is 11.8 Å². The van der Waals surface area contributed by atoms with Crippen LogP contribution in [0.25, 0.3) is 0 Å². The van der Waals surface area contributed by atoms with Gasteiger partial charge < -0.3 is 19.8 Å². The number of para-hydroxylation sites is 1. The van der Waals surface area contributed by atoms with Crippen molar-refractivity contribution in [3.63, 3.8) is 0 Å². The Morgan fingerprint density at radius 2 is 1.57 bits per heavy atom. The first-order valence-electron chi connectivity index (χ1n) is 16.7. The van der Waals surface area contributed by atoms with Gasteiger partial charge in [0.25, 0.3) is 0 Å². The van der Waals surface area contributed by atoms with Crippen molar-refractivity contribution in [2.45, 2.75) is 53.7 Å². The minimum atomic E-state index is -4.44. The van der Waals surface area contributed by atoms with E-state index in [4.69, 9.17) is 11.6 Å². The summed E-state index contributed by atoms with van der Waals surface area (Å²) in [5, 5.41) is 11.7. The van der Waals surface area contributed by atoms with Gasteiger partial charge in [0.15, 0.2) is 5.78 Å². The van der Waals surface area contributed by atoms with Crippen LogP contribution in [0.5, 0.6) is 0 Å². The van der Waals surface area contributed by atoms with Crippen molar-refractivity contribution in [2.24, 2.45) is 0 Å². The van der Waals surface area contributed by atoms with Crippen LogP contribution < -0.4 is 4.90 Å². The summed E-state index contributed by atoms with van der Waals surface area (Å²) < 4.78 is 51.7. The van der Waals surface area contributed by atoms with E-state index < -0.39 is 17.3 Å². The molecule has 51 heavy (non-hydrogen) atoms. The molecule has 0 radical (unpaired) electrons. The fourth-order valence-electron chi connectivity index (χ4n) is 6.25. The molecule has 0 unspecified atom stereocenters. The smallest absolute Gasteiger partial charge is 0.385 e. The molecule has 0 aromatic heterocycles. The third kappa shape index (κ3) is 10.9. The number of aliphatic hydroxyl groups is 1. The molecule has 2 aliphatic rings. The largest absolute Gasteiger partial charge is 0.416 e. The minimum absolute atomic E-state index is 0. The van der Waals surface area contributed by atoms with Crippen molar-refractivity contribution >= 4 is 52.9 Å². The van der Waals surface area contributed by atoms with E-state index in [1.807, 2.05) is 17.8 Å². The second-order valence-corrected chi connectivity index (χ2v) is 14.5. The van der Waals surface area contributed by atoms with Crippen molar-refractivity contribution in [1.82, 2.24) is 9.80 Å². The maximum absolute atomic E-state index is 12.9. The quantitative estimate of drug-likeness (QED) is 0.128. The Hall–Kier alpha value is -3.12. The molecular formula is C39H43Cl2F4N3O2S. The van der Waals surface area contributed by atoms with Crippen LogP contribution in [0.1, 0.15) is 53.6 Å². The van der Waals surface area contributed by atoms with E-state index in [1.165, 1.54) is 57.6 Å². The van der Waals surface area contributed by atoms with Crippen molar-refractivity contribution in [2.75, 3.05) is 51.7 Å². The van der Waals surface area contributed by atoms with E-state index in [1.54, 1.807) is 0 Å². The Labute approximate surface area is 313 Å². The number of likely N-dealkylation sites (tertiary alicyclic amines) is 1. The fraction of sp³-hybridized carbons (Fsp3) is 0.359. The van der Waals surface area contributed by atoms with Gasteiger partial charge in [-0.15, -0.1) is 12.4 Å². The van der Waals surface area contributed by atoms with Gasteiger partial charge in [-0.3, -0.25) is 4.79 Å². The maximum atomic E-state index is 12.9. The number of nitrogens with zero attached hydrogens (tertiary/aromatic N) is 3. The molecule has 0 amide bonds. The highest BCUT2D eigenvalue weighted by Gasteiger charge is 2.37. The fourth-order valence-corrected chi connectivity index (χ4v) is 7.49. The SMILES string of the molecule is CN(C)CCCN1c2ccccc2Sc2ccc(Cl)cc21.Cl.O=C(CCCN1CCC(O)(c2cccc(C(F)(F)F)c2)CC1)c1ccc(F)cc1. The van der Waals surface area contributed by atoms with Crippen LogP contribution in [-0.4, -0.2) is 67.5 Å². The molecule has 5 nitrogen and oxygen atoms in total. The highest BCUT2D eigenvalue weighted by Crippen LogP contribution is 2.48. The number of Topliss-reactive ketones (excluding diaryl/α,β-unsaturated/α-hetero) is 1. The van der Waals surface area contributed by atoms with Crippen molar-refractivity contribution in [3.05, 3.63) is 119 Å². The molecule has 0 saturated carbocycles. The molecular weight excluding hydrogens is 721 g/mol. The predicted molar refractivity (Wildman–Crippen MR) is 200 cm³/mol. The van der Waals surface area contributed by atoms with Crippen molar-refractivity contribution in [1.29, 1.82) is 0 Å². The van der Waals surface area contributed by atoms with Gasteiger partial charge in [0.1, 0.15) is 5.82 Å². The summed E-state index contributed by atoms with van der Waals surface area (Å²) in [7, 11) is 4.23. The van der Waals surface area contributed by atoms with Crippen LogP contribution in [0.2, 0.25) is 5.02 Å². The number of carbonyl (C=O) groups excluding carboxylic acids is 1. The molecule has 274 valence electrons. The van der Waals surface area contributed by atoms with Gasteiger partial charge in [-0.1, -0.05) is 47.6 Å². The lowest BCUT2D eigenvalue weighted by Crippen LogP contribution is -2.43. The lowest BCUT2D eigenvalue weighted by Gasteiger charge is -2.38. The average molecular weight is 765 g/mol. The summed E-state index contributed by atoms with van der Waals surface area (Å²) in [6.07, 6.45) is -1.69. The molecule has 4 aromatic rings. The number of carbonyl (C=O) groups is 1. The Balaban J connectivity index is 0.000000235. The molecule has 6 rings (SSSR count). The summed E-state index contributed by atoms with van der Waals surface area (Å²) >= 11 is 8.03. The number of halogens is 6. The van der Waals surface area contributed by atoms with Gasteiger partial charge in [0, 0.05) is 46.4 Å². The Morgan fingerprint density at radius 3 is 2.25 bits per heavy atom.